The van der Waals surface area contributed by atoms with E-state index in [0.717, 1.165) is 0 Å². The van der Waals surface area contributed by atoms with E-state index < -0.39 is 11.4 Å². The van der Waals surface area contributed by atoms with Crippen LogP contribution in [0.25, 0.3) is 0 Å². The Morgan fingerprint density at radius 3 is 1.04 bits per heavy atom. The zero-order chi connectivity index (χ0) is 18.0. The van der Waals surface area contributed by atoms with Crippen molar-refractivity contribution >= 4 is 40.8 Å². The van der Waals surface area contributed by atoms with Gasteiger partial charge in [-0.1, -0.05) is 71.2 Å². The Hall–Kier alpha value is -2.00. The van der Waals surface area contributed by atoms with Crippen molar-refractivity contribution in [2.75, 3.05) is 0 Å². The van der Waals surface area contributed by atoms with Gasteiger partial charge in [0.1, 0.15) is 5.41 Å². The van der Waals surface area contributed by atoms with E-state index in [9.17, 15) is 9.90 Å². The summed E-state index contributed by atoms with van der Waals surface area (Å²) >= 11 is 18.0. The first-order valence-electron chi connectivity index (χ1n) is 7.46. The molecule has 3 aromatic carbocycles. The zero-order valence-electron chi connectivity index (χ0n) is 12.9. The van der Waals surface area contributed by atoms with Crippen LogP contribution in [0.5, 0.6) is 0 Å². The monoisotopic (exact) mass is 390 g/mol. The molecule has 25 heavy (non-hydrogen) atoms. The molecule has 2 nitrogen and oxygen atoms in total. The summed E-state index contributed by atoms with van der Waals surface area (Å²) in [4.78, 5) is 12.6. The Kier molecular flexibility index (Phi) is 5.05. The standard InChI is InChI=1S/C20H13Cl3O2/c21-16-7-1-13(2-8-16)20(19(24)25,14-3-9-17(22)10-4-14)15-5-11-18(23)12-6-15/h1-12H,(H,24,25). The molecule has 0 atom stereocenters. The quantitative estimate of drug-likeness (QED) is 0.548. The SMILES string of the molecule is O=C(O)C(c1ccc(Cl)cc1)(c1ccc(Cl)cc1)c1ccc(Cl)cc1. The van der Waals surface area contributed by atoms with Crippen molar-refractivity contribution < 1.29 is 9.90 Å². The van der Waals surface area contributed by atoms with Gasteiger partial charge in [0.05, 0.1) is 0 Å². The van der Waals surface area contributed by atoms with E-state index in [1.54, 1.807) is 72.8 Å². The molecule has 0 aromatic heterocycles. The summed E-state index contributed by atoms with van der Waals surface area (Å²) in [6.45, 7) is 0. The van der Waals surface area contributed by atoms with Gasteiger partial charge in [-0.15, -0.1) is 0 Å². The lowest BCUT2D eigenvalue weighted by atomic mass is 9.69. The number of halogens is 3. The minimum absolute atomic E-state index is 0.537. The fourth-order valence-corrected chi connectivity index (χ4v) is 3.35. The van der Waals surface area contributed by atoms with Gasteiger partial charge < -0.3 is 5.11 Å². The van der Waals surface area contributed by atoms with Crippen LogP contribution < -0.4 is 0 Å². The Morgan fingerprint density at radius 1 is 0.600 bits per heavy atom. The van der Waals surface area contributed by atoms with Crippen LogP contribution in [-0.4, -0.2) is 11.1 Å². The van der Waals surface area contributed by atoms with Crippen molar-refractivity contribution in [1.29, 1.82) is 0 Å². The molecule has 3 aromatic rings. The number of carboxylic acid groups (broad SMARTS) is 1. The van der Waals surface area contributed by atoms with Crippen LogP contribution in [0.2, 0.25) is 15.1 Å². The van der Waals surface area contributed by atoms with Gasteiger partial charge in [-0.05, 0) is 53.1 Å². The molecular formula is C20H13Cl3O2. The highest BCUT2D eigenvalue weighted by molar-refractivity contribution is 6.31. The Morgan fingerprint density at radius 2 is 0.840 bits per heavy atom. The molecule has 0 amide bonds. The lowest BCUT2D eigenvalue weighted by Gasteiger charge is -2.31. The maximum Gasteiger partial charge on any atom is 0.323 e. The highest BCUT2D eigenvalue weighted by Crippen LogP contribution is 2.40. The van der Waals surface area contributed by atoms with Gasteiger partial charge in [0, 0.05) is 15.1 Å². The summed E-state index contributed by atoms with van der Waals surface area (Å²) in [5.41, 5.74) is 0.372. The second kappa shape index (κ2) is 7.09. The van der Waals surface area contributed by atoms with Gasteiger partial charge in [-0.25, -0.2) is 0 Å². The summed E-state index contributed by atoms with van der Waals surface area (Å²) in [7, 11) is 0. The van der Waals surface area contributed by atoms with Gasteiger partial charge in [-0.2, -0.15) is 0 Å². The fourth-order valence-electron chi connectivity index (χ4n) is 2.97. The zero-order valence-corrected chi connectivity index (χ0v) is 15.2. The van der Waals surface area contributed by atoms with E-state index in [0.29, 0.717) is 31.8 Å². The molecule has 0 bridgehead atoms. The van der Waals surface area contributed by atoms with Crippen molar-refractivity contribution in [3.63, 3.8) is 0 Å². The smallest absolute Gasteiger partial charge is 0.323 e. The van der Waals surface area contributed by atoms with E-state index in [-0.39, 0.29) is 0 Å². The second-order valence-corrected chi connectivity index (χ2v) is 6.89. The first kappa shape index (κ1) is 17.8. The lowest BCUT2D eigenvalue weighted by molar-refractivity contribution is -0.140. The minimum atomic E-state index is -1.40. The Labute approximate surface area is 160 Å². The van der Waals surface area contributed by atoms with Gasteiger partial charge in [-0.3, -0.25) is 4.79 Å². The third kappa shape index (κ3) is 3.25. The second-order valence-electron chi connectivity index (χ2n) is 5.58. The van der Waals surface area contributed by atoms with Crippen molar-refractivity contribution in [3.8, 4) is 0 Å². The molecule has 0 spiro atoms. The van der Waals surface area contributed by atoms with Crippen molar-refractivity contribution in [1.82, 2.24) is 0 Å². The average molecular weight is 392 g/mol. The fraction of sp³-hybridized carbons (Fsp3) is 0.0500. The molecule has 0 aliphatic carbocycles. The van der Waals surface area contributed by atoms with Crippen LogP contribution >= 0.6 is 34.8 Å². The van der Waals surface area contributed by atoms with Crippen LogP contribution in [0.3, 0.4) is 0 Å². The third-order valence-electron chi connectivity index (χ3n) is 4.15. The molecule has 1 N–H and O–H groups in total. The topological polar surface area (TPSA) is 37.3 Å². The molecule has 0 saturated heterocycles. The van der Waals surface area contributed by atoms with Crippen LogP contribution in [-0.2, 0) is 10.2 Å². The molecule has 0 aliphatic heterocycles. The predicted molar refractivity (Wildman–Crippen MR) is 102 cm³/mol. The van der Waals surface area contributed by atoms with Gasteiger partial charge in [0.15, 0.2) is 0 Å². The maximum atomic E-state index is 12.6. The minimum Gasteiger partial charge on any atom is -0.480 e. The summed E-state index contributed by atoms with van der Waals surface area (Å²) < 4.78 is 0. The molecule has 126 valence electrons. The van der Waals surface area contributed by atoms with Crippen molar-refractivity contribution in [2.45, 2.75) is 5.41 Å². The van der Waals surface area contributed by atoms with E-state index in [1.807, 2.05) is 0 Å². The predicted octanol–water partition coefficient (Wildman–Crippen LogP) is 6.07. The number of carbonyl (C=O) groups is 1. The Bertz CT molecular complexity index is 775. The van der Waals surface area contributed by atoms with Crippen molar-refractivity contribution in [2.24, 2.45) is 0 Å². The molecular weight excluding hydrogens is 379 g/mol. The lowest BCUT2D eigenvalue weighted by Crippen LogP contribution is -2.38. The molecule has 0 aliphatic rings. The molecule has 3 rings (SSSR count). The molecule has 0 radical (unpaired) electrons. The summed E-state index contributed by atoms with van der Waals surface area (Å²) in [5.74, 6) is -1.00. The van der Waals surface area contributed by atoms with E-state index >= 15 is 0 Å². The average Bonchev–Trinajstić information content (AvgIpc) is 2.60. The van der Waals surface area contributed by atoms with E-state index in [1.165, 1.54) is 0 Å². The van der Waals surface area contributed by atoms with Gasteiger partial charge in [0.2, 0.25) is 0 Å². The molecule has 0 saturated carbocycles. The van der Waals surface area contributed by atoms with Gasteiger partial charge >= 0.3 is 5.97 Å². The van der Waals surface area contributed by atoms with Crippen LogP contribution in [0.15, 0.2) is 72.8 Å². The molecule has 0 heterocycles. The molecule has 0 unspecified atom stereocenters. The van der Waals surface area contributed by atoms with Crippen LogP contribution in [0.1, 0.15) is 16.7 Å². The summed E-state index contributed by atoms with van der Waals surface area (Å²) in [6.07, 6.45) is 0. The third-order valence-corrected chi connectivity index (χ3v) is 4.91. The number of hydrogen-bond donors (Lipinski definition) is 1. The Balaban J connectivity index is 2.35. The molecule has 5 heteroatoms. The van der Waals surface area contributed by atoms with E-state index in [2.05, 4.69) is 0 Å². The maximum absolute atomic E-state index is 12.6. The largest absolute Gasteiger partial charge is 0.480 e. The molecule has 0 fully saturated rings. The van der Waals surface area contributed by atoms with E-state index in [4.69, 9.17) is 34.8 Å². The normalized spacial score (nSPS) is 11.3. The first-order chi connectivity index (χ1) is 11.9. The summed E-state index contributed by atoms with van der Waals surface area (Å²) in [6, 6.07) is 20.4. The number of rotatable bonds is 4. The van der Waals surface area contributed by atoms with Crippen molar-refractivity contribution in [3.05, 3.63) is 105 Å². The highest BCUT2D eigenvalue weighted by Gasteiger charge is 2.44. The number of aliphatic carboxylic acids is 1. The number of benzene rings is 3. The van der Waals surface area contributed by atoms with Crippen LogP contribution in [0, 0.1) is 0 Å². The first-order valence-corrected chi connectivity index (χ1v) is 8.59. The number of carboxylic acids is 1. The van der Waals surface area contributed by atoms with Gasteiger partial charge in [0.25, 0.3) is 0 Å². The number of hydrogen-bond acceptors (Lipinski definition) is 1. The highest BCUT2D eigenvalue weighted by atomic mass is 35.5. The summed E-state index contributed by atoms with van der Waals surface area (Å²) in [5, 5.41) is 11.9. The van der Waals surface area contributed by atoms with Crippen LogP contribution in [0.4, 0.5) is 0 Å².